The minimum absolute atomic E-state index is 0.0740. The number of carboxylic acids is 1. The molecule has 0 unspecified atom stereocenters. The number of nitrogens with zero attached hydrogens (tertiary/aromatic N) is 2. The predicted molar refractivity (Wildman–Crippen MR) is 125 cm³/mol. The number of hydrogen-bond acceptors (Lipinski definition) is 4. The molecule has 0 bridgehead atoms. The fourth-order valence-electron chi connectivity index (χ4n) is 4.34. The summed E-state index contributed by atoms with van der Waals surface area (Å²) < 4.78 is 5.19. The van der Waals surface area contributed by atoms with Gasteiger partial charge in [-0.1, -0.05) is 60.1 Å². The van der Waals surface area contributed by atoms with Gasteiger partial charge in [0.1, 0.15) is 6.54 Å². The lowest BCUT2D eigenvalue weighted by Crippen LogP contribution is -2.51. The van der Waals surface area contributed by atoms with Gasteiger partial charge in [-0.15, -0.1) is 0 Å². The summed E-state index contributed by atoms with van der Waals surface area (Å²) in [4.78, 5) is 41.2. The first-order valence-electron chi connectivity index (χ1n) is 11.0. The van der Waals surface area contributed by atoms with Crippen LogP contribution < -0.4 is 0 Å². The van der Waals surface area contributed by atoms with Crippen molar-refractivity contribution in [1.82, 2.24) is 9.80 Å². The molecule has 2 amide bonds. The third-order valence-electron chi connectivity index (χ3n) is 5.93. The maximum absolute atomic E-state index is 13.7. The standard InChI is InChI=1S/C25H29ClN2O5/c1-33-16-15-28-22(29)12-11-20(24(28)19-9-5-6-10-21(19)26)25(32)27(17-23(30)31)14-13-18-7-3-2-4-8-18/h2-10,20,24H,11-17H2,1H3,(H,30,31)/t20-,24+/m1/s1. The van der Waals surface area contributed by atoms with Crippen LogP contribution >= 0.6 is 11.6 Å². The highest BCUT2D eigenvalue weighted by molar-refractivity contribution is 6.31. The average Bonchev–Trinajstić information content (AvgIpc) is 2.81. The molecule has 1 fully saturated rings. The van der Waals surface area contributed by atoms with Crippen LogP contribution in [0.5, 0.6) is 0 Å². The van der Waals surface area contributed by atoms with E-state index in [0.29, 0.717) is 36.6 Å². The van der Waals surface area contributed by atoms with Crippen LogP contribution in [0.25, 0.3) is 0 Å². The maximum atomic E-state index is 13.7. The van der Waals surface area contributed by atoms with Gasteiger partial charge >= 0.3 is 5.97 Å². The second-order valence-electron chi connectivity index (χ2n) is 8.08. The smallest absolute Gasteiger partial charge is 0.323 e. The molecule has 2 aromatic carbocycles. The molecule has 2 atom stereocenters. The van der Waals surface area contributed by atoms with Crippen LogP contribution in [-0.4, -0.2) is 66.0 Å². The van der Waals surface area contributed by atoms with Crippen molar-refractivity contribution in [3.63, 3.8) is 0 Å². The molecule has 1 aliphatic heterocycles. The van der Waals surface area contributed by atoms with Crippen LogP contribution in [0.15, 0.2) is 54.6 Å². The van der Waals surface area contributed by atoms with E-state index in [0.717, 1.165) is 5.56 Å². The number of methoxy groups -OCH3 is 1. The third-order valence-corrected chi connectivity index (χ3v) is 6.28. The van der Waals surface area contributed by atoms with E-state index < -0.39 is 24.5 Å². The Morgan fingerprint density at radius 1 is 1.15 bits per heavy atom. The van der Waals surface area contributed by atoms with Crippen LogP contribution in [0.3, 0.4) is 0 Å². The number of carbonyl (C=O) groups is 3. The Balaban J connectivity index is 1.92. The van der Waals surface area contributed by atoms with Crippen molar-refractivity contribution in [3.8, 4) is 0 Å². The van der Waals surface area contributed by atoms with Gasteiger partial charge in [-0.25, -0.2) is 0 Å². The molecule has 8 heteroatoms. The van der Waals surface area contributed by atoms with Crippen LogP contribution in [-0.2, 0) is 25.5 Å². The van der Waals surface area contributed by atoms with E-state index in [2.05, 4.69) is 0 Å². The van der Waals surface area contributed by atoms with E-state index in [1.807, 2.05) is 42.5 Å². The van der Waals surface area contributed by atoms with Crippen molar-refractivity contribution in [1.29, 1.82) is 0 Å². The molecular weight excluding hydrogens is 444 g/mol. The predicted octanol–water partition coefficient (Wildman–Crippen LogP) is 3.42. The first-order chi connectivity index (χ1) is 15.9. The van der Waals surface area contributed by atoms with Gasteiger partial charge in [0.05, 0.1) is 18.6 Å². The number of likely N-dealkylation sites (tertiary alicyclic amines) is 1. The van der Waals surface area contributed by atoms with Crippen molar-refractivity contribution in [2.24, 2.45) is 5.92 Å². The highest BCUT2D eigenvalue weighted by Gasteiger charge is 2.42. The van der Waals surface area contributed by atoms with E-state index in [4.69, 9.17) is 16.3 Å². The zero-order chi connectivity index (χ0) is 23.8. The van der Waals surface area contributed by atoms with Crippen molar-refractivity contribution in [2.75, 3.05) is 33.4 Å². The molecule has 7 nitrogen and oxygen atoms in total. The first kappa shape index (κ1) is 24.7. The molecule has 0 spiro atoms. The second kappa shape index (κ2) is 11.8. The van der Waals surface area contributed by atoms with Gasteiger partial charge in [0.2, 0.25) is 11.8 Å². The number of ether oxygens (including phenoxy) is 1. The zero-order valence-corrected chi connectivity index (χ0v) is 19.4. The number of carbonyl (C=O) groups excluding carboxylic acids is 2. The van der Waals surface area contributed by atoms with E-state index in [-0.39, 0.29) is 24.8 Å². The number of amides is 2. The Hall–Kier alpha value is -2.90. The lowest BCUT2D eigenvalue weighted by atomic mass is 9.83. The Morgan fingerprint density at radius 3 is 2.52 bits per heavy atom. The Labute approximate surface area is 198 Å². The van der Waals surface area contributed by atoms with Gasteiger partial charge in [-0.3, -0.25) is 14.4 Å². The number of halogens is 1. The summed E-state index contributed by atoms with van der Waals surface area (Å²) >= 11 is 6.49. The third kappa shape index (κ3) is 6.33. The van der Waals surface area contributed by atoms with Crippen molar-refractivity contribution in [3.05, 3.63) is 70.7 Å². The molecule has 3 rings (SSSR count). The average molecular weight is 473 g/mol. The molecule has 176 valence electrons. The molecule has 0 aromatic heterocycles. The fourth-order valence-corrected chi connectivity index (χ4v) is 4.59. The monoisotopic (exact) mass is 472 g/mol. The van der Waals surface area contributed by atoms with E-state index in [1.54, 1.807) is 24.1 Å². The summed E-state index contributed by atoms with van der Waals surface area (Å²) in [6, 6.07) is 16.2. The van der Waals surface area contributed by atoms with Gasteiger partial charge in [0.15, 0.2) is 0 Å². The Bertz CT molecular complexity index is 968. The number of carboxylic acid groups (broad SMARTS) is 1. The minimum atomic E-state index is -1.08. The molecule has 1 heterocycles. The maximum Gasteiger partial charge on any atom is 0.323 e. The molecule has 1 N–H and O–H groups in total. The molecule has 0 aliphatic carbocycles. The molecule has 0 radical (unpaired) electrons. The summed E-state index contributed by atoms with van der Waals surface area (Å²) in [6.45, 7) is 0.509. The highest BCUT2D eigenvalue weighted by Crippen LogP contribution is 2.40. The van der Waals surface area contributed by atoms with Crippen LogP contribution in [0.2, 0.25) is 5.02 Å². The quantitative estimate of drug-likeness (QED) is 0.572. The van der Waals surface area contributed by atoms with E-state index >= 15 is 0 Å². The largest absolute Gasteiger partial charge is 0.480 e. The van der Waals surface area contributed by atoms with Gasteiger partial charge in [0.25, 0.3) is 0 Å². The topological polar surface area (TPSA) is 87.2 Å². The van der Waals surface area contributed by atoms with E-state index in [9.17, 15) is 19.5 Å². The van der Waals surface area contributed by atoms with Crippen LogP contribution in [0.1, 0.15) is 30.0 Å². The lowest BCUT2D eigenvalue weighted by Gasteiger charge is -2.42. The Kier molecular flexibility index (Phi) is 8.86. The summed E-state index contributed by atoms with van der Waals surface area (Å²) in [5.74, 6) is -2.04. The van der Waals surface area contributed by atoms with Gasteiger partial charge in [-0.05, 0) is 30.0 Å². The van der Waals surface area contributed by atoms with Gasteiger partial charge in [0, 0.05) is 31.6 Å². The lowest BCUT2D eigenvalue weighted by molar-refractivity contribution is -0.153. The molecule has 33 heavy (non-hydrogen) atoms. The number of benzene rings is 2. The number of hydrogen-bond donors (Lipinski definition) is 1. The van der Waals surface area contributed by atoms with Gasteiger partial charge in [-0.2, -0.15) is 0 Å². The molecule has 0 saturated carbocycles. The SMILES string of the molecule is COCCN1C(=O)CC[C@@H](C(=O)N(CCc2ccccc2)CC(=O)O)[C@@H]1c1ccccc1Cl. The summed E-state index contributed by atoms with van der Waals surface area (Å²) in [6.07, 6.45) is 1.08. The number of piperidine rings is 1. The van der Waals surface area contributed by atoms with Crippen molar-refractivity contribution >= 4 is 29.4 Å². The Morgan fingerprint density at radius 2 is 1.85 bits per heavy atom. The zero-order valence-electron chi connectivity index (χ0n) is 18.7. The van der Waals surface area contributed by atoms with E-state index in [1.165, 1.54) is 4.90 Å². The summed E-state index contributed by atoms with van der Waals surface area (Å²) in [5.41, 5.74) is 1.70. The van der Waals surface area contributed by atoms with Crippen LogP contribution in [0.4, 0.5) is 0 Å². The first-order valence-corrected chi connectivity index (χ1v) is 11.4. The minimum Gasteiger partial charge on any atom is -0.480 e. The summed E-state index contributed by atoms with van der Waals surface area (Å²) in [5, 5.41) is 9.93. The molecular formula is C25H29ClN2O5. The van der Waals surface area contributed by atoms with Crippen molar-refractivity contribution in [2.45, 2.75) is 25.3 Å². The molecule has 2 aromatic rings. The number of aliphatic carboxylic acids is 1. The van der Waals surface area contributed by atoms with Crippen molar-refractivity contribution < 1.29 is 24.2 Å². The number of rotatable bonds is 10. The fraction of sp³-hybridized carbons (Fsp3) is 0.400. The normalized spacial score (nSPS) is 18.2. The summed E-state index contributed by atoms with van der Waals surface area (Å²) in [7, 11) is 1.56. The molecule has 1 aliphatic rings. The van der Waals surface area contributed by atoms with Crippen LogP contribution in [0, 0.1) is 5.92 Å². The second-order valence-corrected chi connectivity index (χ2v) is 8.49. The van der Waals surface area contributed by atoms with Gasteiger partial charge < -0.3 is 19.6 Å². The highest BCUT2D eigenvalue weighted by atomic mass is 35.5. The molecule has 1 saturated heterocycles.